The molecule has 0 aliphatic rings. The number of carbonyl (C=O) groups is 1. The van der Waals surface area contributed by atoms with Gasteiger partial charge in [0.2, 0.25) is 5.91 Å². The van der Waals surface area contributed by atoms with Gasteiger partial charge in [0, 0.05) is 17.6 Å². The third kappa shape index (κ3) is 4.84. The Morgan fingerprint density at radius 3 is 2.26 bits per heavy atom. The molecule has 0 aliphatic heterocycles. The van der Waals surface area contributed by atoms with Gasteiger partial charge in [-0.25, -0.2) is 8.42 Å². The first kappa shape index (κ1) is 20.9. The fourth-order valence-corrected chi connectivity index (χ4v) is 3.97. The van der Waals surface area contributed by atoms with Gasteiger partial charge in [-0.1, -0.05) is 11.6 Å². The Bertz CT molecular complexity index is 900. The number of nitrogens with one attached hydrogen (secondary N) is 1. The number of sulfonamides is 1. The molecule has 0 aliphatic carbocycles. The Labute approximate surface area is 163 Å². The number of hydrogen-bond donors (Lipinski definition) is 1. The van der Waals surface area contributed by atoms with Crippen LogP contribution < -0.4 is 19.1 Å². The second-order valence-corrected chi connectivity index (χ2v) is 7.76. The van der Waals surface area contributed by atoms with Crippen molar-refractivity contribution in [2.75, 3.05) is 31.6 Å². The van der Waals surface area contributed by atoms with Gasteiger partial charge in [-0.2, -0.15) is 0 Å². The molecule has 2 aromatic carbocycles. The molecule has 7 nitrogen and oxygen atoms in total. The van der Waals surface area contributed by atoms with Crippen molar-refractivity contribution in [3.05, 3.63) is 47.5 Å². The minimum atomic E-state index is -4.04. The summed E-state index contributed by atoms with van der Waals surface area (Å²) in [6, 6.07) is 10.5. The van der Waals surface area contributed by atoms with Crippen LogP contribution in [0.3, 0.4) is 0 Å². The van der Waals surface area contributed by atoms with Crippen molar-refractivity contribution in [3.63, 3.8) is 0 Å². The van der Waals surface area contributed by atoms with Crippen molar-refractivity contribution >= 4 is 33.2 Å². The van der Waals surface area contributed by atoms with Gasteiger partial charge in [0.25, 0.3) is 10.0 Å². The maximum atomic E-state index is 13.2. The number of hydrogen-bond acceptors (Lipinski definition) is 5. The predicted molar refractivity (Wildman–Crippen MR) is 104 cm³/mol. The Kier molecular flexibility index (Phi) is 6.92. The predicted octanol–water partition coefficient (Wildman–Crippen LogP) is 2.69. The highest BCUT2D eigenvalue weighted by atomic mass is 35.5. The monoisotopic (exact) mass is 412 g/mol. The van der Waals surface area contributed by atoms with E-state index in [1.807, 2.05) is 0 Å². The minimum absolute atomic E-state index is 0.0283. The lowest BCUT2D eigenvalue weighted by molar-refractivity contribution is -0.119. The molecule has 9 heteroatoms. The summed E-state index contributed by atoms with van der Waals surface area (Å²) in [7, 11) is -1.17. The molecule has 0 bridgehead atoms. The lowest BCUT2D eigenvalue weighted by atomic mass is 10.3. The fraction of sp³-hybridized carbons (Fsp3) is 0.278. The fourth-order valence-electron chi connectivity index (χ4n) is 2.41. The first-order chi connectivity index (χ1) is 12.8. The molecule has 146 valence electrons. The number of ether oxygens (including phenoxy) is 2. The average molecular weight is 413 g/mol. The van der Waals surface area contributed by atoms with Gasteiger partial charge >= 0.3 is 0 Å². The van der Waals surface area contributed by atoms with Crippen LogP contribution >= 0.6 is 11.6 Å². The van der Waals surface area contributed by atoms with Gasteiger partial charge in [0.1, 0.15) is 6.54 Å². The second-order valence-electron chi connectivity index (χ2n) is 5.46. The van der Waals surface area contributed by atoms with Crippen LogP contribution in [0.1, 0.15) is 6.92 Å². The topological polar surface area (TPSA) is 84.9 Å². The van der Waals surface area contributed by atoms with E-state index in [9.17, 15) is 13.2 Å². The van der Waals surface area contributed by atoms with Crippen LogP contribution in [0.4, 0.5) is 5.69 Å². The van der Waals surface area contributed by atoms with E-state index in [-0.39, 0.29) is 17.2 Å². The number of halogens is 1. The molecule has 1 N–H and O–H groups in total. The Hall–Kier alpha value is -2.45. The van der Waals surface area contributed by atoms with Gasteiger partial charge in [0.15, 0.2) is 11.5 Å². The summed E-state index contributed by atoms with van der Waals surface area (Å²) in [6.07, 6.45) is 0. The van der Waals surface area contributed by atoms with Crippen molar-refractivity contribution in [2.24, 2.45) is 0 Å². The number of methoxy groups -OCH3 is 2. The van der Waals surface area contributed by atoms with Crippen LogP contribution in [-0.2, 0) is 14.8 Å². The van der Waals surface area contributed by atoms with Gasteiger partial charge in [-0.15, -0.1) is 0 Å². The van der Waals surface area contributed by atoms with E-state index in [0.29, 0.717) is 23.0 Å². The van der Waals surface area contributed by atoms with E-state index in [2.05, 4.69) is 5.32 Å². The third-order valence-corrected chi connectivity index (χ3v) is 5.74. The van der Waals surface area contributed by atoms with E-state index >= 15 is 0 Å². The van der Waals surface area contributed by atoms with Crippen molar-refractivity contribution in [1.29, 1.82) is 0 Å². The van der Waals surface area contributed by atoms with E-state index < -0.39 is 15.9 Å². The number of nitrogens with zero attached hydrogens (tertiary/aromatic N) is 1. The summed E-state index contributed by atoms with van der Waals surface area (Å²) in [5.74, 6) is 0.252. The van der Waals surface area contributed by atoms with Gasteiger partial charge in [-0.3, -0.25) is 9.10 Å². The van der Waals surface area contributed by atoms with Crippen LogP contribution in [0.2, 0.25) is 5.02 Å². The third-order valence-electron chi connectivity index (χ3n) is 3.72. The lowest BCUT2D eigenvalue weighted by Gasteiger charge is -2.24. The number of likely N-dealkylation sites (N-methyl/N-ethyl adjacent to an activating group) is 1. The van der Waals surface area contributed by atoms with E-state index in [1.54, 1.807) is 31.2 Å². The highest BCUT2D eigenvalue weighted by Crippen LogP contribution is 2.32. The maximum absolute atomic E-state index is 13.2. The molecule has 0 spiro atoms. The molecule has 0 saturated heterocycles. The zero-order chi connectivity index (χ0) is 20.0. The molecule has 2 aromatic rings. The summed E-state index contributed by atoms with van der Waals surface area (Å²) < 4.78 is 37.8. The van der Waals surface area contributed by atoms with E-state index in [4.69, 9.17) is 21.1 Å². The number of amides is 1. The van der Waals surface area contributed by atoms with Crippen LogP contribution in [0.15, 0.2) is 47.4 Å². The highest BCUT2D eigenvalue weighted by molar-refractivity contribution is 7.92. The van der Waals surface area contributed by atoms with Crippen molar-refractivity contribution in [3.8, 4) is 11.5 Å². The number of rotatable bonds is 8. The van der Waals surface area contributed by atoms with Gasteiger partial charge in [-0.05, 0) is 43.3 Å². The Balaban J connectivity index is 2.52. The Morgan fingerprint density at radius 2 is 1.70 bits per heavy atom. The number of benzene rings is 2. The van der Waals surface area contributed by atoms with E-state index in [1.165, 1.54) is 32.4 Å². The Morgan fingerprint density at radius 1 is 1.07 bits per heavy atom. The molecular weight excluding hydrogens is 392 g/mol. The molecule has 0 atom stereocenters. The van der Waals surface area contributed by atoms with E-state index in [0.717, 1.165) is 4.31 Å². The molecule has 2 rings (SSSR count). The zero-order valence-corrected chi connectivity index (χ0v) is 16.8. The molecule has 0 unspecified atom stereocenters. The smallest absolute Gasteiger partial charge is 0.264 e. The number of anilines is 1. The average Bonchev–Trinajstić information content (AvgIpc) is 2.66. The molecule has 0 fully saturated rings. The molecule has 0 radical (unpaired) electrons. The highest BCUT2D eigenvalue weighted by Gasteiger charge is 2.28. The lowest BCUT2D eigenvalue weighted by Crippen LogP contribution is -2.40. The first-order valence-corrected chi connectivity index (χ1v) is 9.92. The normalized spacial score (nSPS) is 11.0. The maximum Gasteiger partial charge on any atom is 0.264 e. The van der Waals surface area contributed by atoms with Crippen molar-refractivity contribution < 1.29 is 22.7 Å². The SMILES string of the molecule is CCNC(=O)CN(c1ccc(Cl)cc1)S(=O)(=O)c1ccc(OC)c(OC)c1. The number of carbonyl (C=O) groups excluding carboxylic acids is 1. The molecule has 0 aromatic heterocycles. The standard InChI is InChI=1S/C18H21ClN2O5S/c1-4-20-18(22)12-21(14-7-5-13(19)6-8-14)27(23,24)15-9-10-16(25-2)17(11-15)26-3/h5-11H,4,12H2,1-3H3,(H,20,22). The summed E-state index contributed by atoms with van der Waals surface area (Å²) >= 11 is 5.90. The largest absolute Gasteiger partial charge is 0.493 e. The zero-order valence-electron chi connectivity index (χ0n) is 15.2. The summed E-state index contributed by atoms with van der Waals surface area (Å²) in [4.78, 5) is 12.1. The minimum Gasteiger partial charge on any atom is -0.493 e. The summed E-state index contributed by atoms with van der Waals surface area (Å²) in [6.45, 7) is 1.78. The molecule has 0 saturated carbocycles. The van der Waals surface area contributed by atoms with Gasteiger partial charge < -0.3 is 14.8 Å². The molecule has 1 amide bonds. The summed E-state index contributed by atoms with van der Waals surface area (Å²) in [5.41, 5.74) is 0.320. The van der Waals surface area contributed by atoms with Crippen molar-refractivity contribution in [2.45, 2.75) is 11.8 Å². The van der Waals surface area contributed by atoms with Gasteiger partial charge in [0.05, 0.1) is 24.8 Å². The molecular formula is C18H21ClN2O5S. The summed E-state index contributed by atoms with van der Waals surface area (Å²) in [5, 5.41) is 3.06. The van der Waals surface area contributed by atoms with Crippen LogP contribution in [0.5, 0.6) is 11.5 Å². The molecule has 0 heterocycles. The van der Waals surface area contributed by atoms with Crippen LogP contribution in [0, 0.1) is 0 Å². The van der Waals surface area contributed by atoms with Crippen molar-refractivity contribution in [1.82, 2.24) is 5.32 Å². The van der Waals surface area contributed by atoms with Crippen LogP contribution in [-0.4, -0.2) is 41.6 Å². The quantitative estimate of drug-likeness (QED) is 0.720. The second kappa shape index (κ2) is 8.96. The first-order valence-electron chi connectivity index (χ1n) is 8.10. The van der Waals surface area contributed by atoms with Crippen LogP contribution in [0.25, 0.3) is 0 Å². The molecule has 27 heavy (non-hydrogen) atoms.